The van der Waals surface area contributed by atoms with Gasteiger partial charge in [-0.2, -0.15) is 0 Å². The summed E-state index contributed by atoms with van der Waals surface area (Å²) in [6.45, 7) is 5.46. The van der Waals surface area contributed by atoms with E-state index in [2.05, 4.69) is 24.2 Å². The van der Waals surface area contributed by atoms with Gasteiger partial charge in [-0.1, -0.05) is 6.42 Å². The molecule has 96 valence electrons. The third-order valence-corrected chi connectivity index (χ3v) is 3.64. The first-order valence-electron chi connectivity index (χ1n) is 6.66. The first-order valence-corrected chi connectivity index (χ1v) is 6.66. The van der Waals surface area contributed by atoms with E-state index in [1.54, 1.807) is 7.11 Å². The van der Waals surface area contributed by atoms with Crippen molar-refractivity contribution < 1.29 is 4.74 Å². The fraction of sp³-hybridized carbons (Fsp3) is 1.00. The lowest BCUT2D eigenvalue weighted by atomic mass is 10.0. The lowest BCUT2D eigenvalue weighted by Gasteiger charge is -2.27. The monoisotopic (exact) mass is 228 g/mol. The van der Waals surface area contributed by atoms with Gasteiger partial charge in [-0.25, -0.2) is 0 Å². The van der Waals surface area contributed by atoms with Crippen LogP contribution in [0.2, 0.25) is 0 Å². The Labute approximate surface area is 101 Å². The number of piperidine rings is 1. The van der Waals surface area contributed by atoms with Gasteiger partial charge in [-0.05, 0) is 52.7 Å². The maximum Gasteiger partial charge on any atom is 0.0615 e. The first kappa shape index (κ1) is 13.9. The van der Waals surface area contributed by atoms with Gasteiger partial charge >= 0.3 is 0 Å². The van der Waals surface area contributed by atoms with Crippen molar-refractivity contribution in [1.29, 1.82) is 0 Å². The van der Waals surface area contributed by atoms with Crippen LogP contribution in [0.1, 0.15) is 39.0 Å². The maximum absolute atomic E-state index is 5.17. The summed E-state index contributed by atoms with van der Waals surface area (Å²) in [5.41, 5.74) is 0. The molecule has 0 spiro atoms. The second-order valence-corrected chi connectivity index (χ2v) is 5.07. The molecule has 0 aliphatic carbocycles. The number of nitrogens with one attached hydrogen (secondary N) is 1. The molecule has 0 saturated carbocycles. The Bertz CT molecular complexity index is 169. The highest BCUT2D eigenvalue weighted by Gasteiger charge is 2.13. The molecule has 1 N–H and O–H groups in total. The van der Waals surface area contributed by atoms with Gasteiger partial charge in [0, 0.05) is 19.2 Å². The van der Waals surface area contributed by atoms with Crippen molar-refractivity contribution in [2.45, 2.75) is 51.1 Å². The van der Waals surface area contributed by atoms with Crippen LogP contribution in [0.15, 0.2) is 0 Å². The molecule has 0 aromatic heterocycles. The molecule has 0 aromatic rings. The molecule has 0 aromatic carbocycles. The van der Waals surface area contributed by atoms with Crippen molar-refractivity contribution in [3.8, 4) is 0 Å². The van der Waals surface area contributed by atoms with Crippen LogP contribution in [0, 0.1) is 0 Å². The molecule has 1 aliphatic rings. The van der Waals surface area contributed by atoms with E-state index in [1.807, 2.05) is 0 Å². The molecule has 1 rings (SSSR count). The molecule has 1 heterocycles. The van der Waals surface area contributed by atoms with Gasteiger partial charge in [-0.3, -0.25) is 0 Å². The Kier molecular flexibility index (Phi) is 7.01. The fourth-order valence-corrected chi connectivity index (χ4v) is 2.35. The van der Waals surface area contributed by atoms with Crippen molar-refractivity contribution >= 4 is 0 Å². The standard InChI is InChI=1S/C13H28N2O/c1-12(11-16-3)15(2)10-6-8-13-7-4-5-9-14-13/h12-14H,4-11H2,1-3H3. The zero-order chi connectivity index (χ0) is 11.8. The molecule has 1 fully saturated rings. The van der Waals surface area contributed by atoms with E-state index >= 15 is 0 Å². The van der Waals surface area contributed by atoms with Gasteiger partial charge in [0.1, 0.15) is 0 Å². The van der Waals surface area contributed by atoms with Crippen molar-refractivity contribution in [2.75, 3.05) is 33.9 Å². The average Bonchev–Trinajstić information content (AvgIpc) is 2.30. The minimum Gasteiger partial charge on any atom is -0.383 e. The molecule has 3 nitrogen and oxygen atoms in total. The molecule has 2 unspecified atom stereocenters. The summed E-state index contributed by atoms with van der Waals surface area (Å²) in [5, 5.41) is 3.60. The molecule has 0 radical (unpaired) electrons. The summed E-state index contributed by atoms with van der Waals surface area (Å²) in [6.07, 6.45) is 6.76. The third kappa shape index (κ3) is 5.28. The van der Waals surface area contributed by atoms with E-state index < -0.39 is 0 Å². The molecule has 16 heavy (non-hydrogen) atoms. The van der Waals surface area contributed by atoms with Crippen LogP contribution in [0.4, 0.5) is 0 Å². The third-order valence-electron chi connectivity index (χ3n) is 3.64. The second kappa shape index (κ2) is 8.04. The number of hydrogen-bond donors (Lipinski definition) is 1. The van der Waals surface area contributed by atoms with Crippen LogP contribution in [-0.2, 0) is 4.74 Å². The highest BCUT2D eigenvalue weighted by molar-refractivity contribution is 4.73. The predicted octanol–water partition coefficient (Wildman–Crippen LogP) is 1.88. The zero-order valence-corrected chi connectivity index (χ0v) is 11.2. The van der Waals surface area contributed by atoms with Crippen LogP contribution >= 0.6 is 0 Å². The zero-order valence-electron chi connectivity index (χ0n) is 11.2. The predicted molar refractivity (Wildman–Crippen MR) is 68.8 cm³/mol. The largest absolute Gasteiger partial charge is 0.383 e. The SMILES string of the molecule is COCC(C)N(C)CCCC1CCCCN1. The maximum atomic E-state index is 5.17. The minimum atomic E-state index is 0.532. The van der Waals surface area contributed by atoms with Crippen molar-refractivity contribution in [2.24, 2.45) is 0 Å². The summed E-state index contributed by atoms with van der Waals surface area (Å²) in [7, 11) is 3.97. The number of rotatable bonds is 7. The van der Waals surface area contributed by atoms with Crippen molar-refractivity contribution in [3.05, 3.63) is 0 Å². The summed E-state index contributed by atoms with van der Waals surface area (Å²) >= 11 is 0. The van der Waals surface area contributed by atoms with Crippen molar-refractivity contribution in [3.63, 3.8) is 0 Å². The quantitative estimate of drug-likeness (QED) is 0.720. The Balaban J connectivity index is 2.04. The molecule has 3 heteroatoms. The normalized spacial score (nSPS) is 23.6. The van der Waals surface area contributed by atoms with Crippen molar-refractivity contribution in [1.82, 2.24) is 10.2 Å². The van der Waals surface area contributed by atoms with E-state index in [0.717, 1.165) is 12.6 Å². The van der Waals surface area contributed by atoms with Gasteiger partial charge < -0.3 is 15.0 Å². The van der Waals surface area contributed by atoms with Gasteiger partial charge in [0.15, 0.2) is 0 Å². The lowest BCUT2D eigenvalue weighted by Crippen LogP contribution is -2.36. The van der Waals surface area contributed by atoms with E-state index in [-0.39, 0.29) is 0 Å². The molecule has 1 saturated heterocycles. The number of likely N-dealkylation sites (N-methyl/N-ethyl adjacent to an activating group) is 1. The fourth-order valence-electron chi connectivity index (χ4n) is 2.35. The molecule has 2 atom stereocenters. The van der Waals surface area contributed by atoms with Crippen LogP contribution in [0.25, 0.3) is 0 Å². The Morgan fingerprint density at radius 1 is 1.44 bits per heavy atom. The topological polar surface area (TPSA) is 24.5 Å². The number of nitrogens with zero attached hydrogens (tertiary/aromatic N) is 1. The summed E-state index contributed by atoms with van der Waals surface area (Å²) in [4.78, 5) is 2.40. The van der Waals surface area contributed by atoms with Gasteiger partial charge in [0.2, 0.25) is 0 Å². The highest BCUT2D eigenvalue weighted by Crippen LogP contribution is 2.12. The van der Waals surface area contributed by atoms with Gasteiger partial charge in [0.05, 0.1) is 6.61 Å². The minimum absolute atomic E-state index is 0.532. The molecule has 0 amide bonds. The van der Waals surface area contributed by atoms with Crippen LogP contribution in [0.5, 0.6) is 0 Å². The van der Waals surface area contributed by atoms with Crippen LogP contribution in [-0.4, -0.2) is 50.8 Å². The average molecular weight is 228 g/mol. The molecule has 1 aliphatic heterocycles. The van der Waals surface area contributed by atoms with E-state index in [1.165, 1.54) is 45.2 Å². The Morgan fingerprint density at radius 3 is 2.88 bits per heavy atom. The Hall–Kier alpha value is -0.120. The molecular formula is C13H28N2O. The van der Waals surface area contributed by atoms with Crippen LogP contribution < -0.4 is 5.32 Å². The number of ether oxygens (including phenoxy) is 1. The van der Waals surface area contributed by atoms with E-state index in [4.69, 9.17) is 4.74 Å². The highest BCUT2D eigenvalue weighted by atomic mass is 16.5. The smallest absolute Gasteiger partial charge is 0.0615 e. The van der Waals surface area contributed by atoms with Gasteiger partial charge in [-0.15, -0.1) is 0 Å². The first-order chi connectivity index (χ1) is 7.74. The summed E-state index contributed by atoms with van der Waals surface area (Å²) in [5.74, 6) is 0. The molecular weight excluding hydrogens is 200 g/mol. The lowest BCUT2D eigenvalue weighted by molar-refractivity contribution is 0.114. The Morgan fingerprint density at radius 2 is 2.25 bits per heavy atom. The van der Waals surface area contributed by atoms with Crippen LogP contribution in [0.3, 0.4) is 0 Å². The molecule has 0 bridgehead atoms. The number of hydrogen-bond acceptors (Lipinski definition) is 3. The number of methoxy groups -OCH3 is 1. The van der Waals surface area contributed by atoms with E-state index in [9.17, 15) is 0 Å². The summed E-state index contributed by atoms with van der Waals surface area (Å²) < 4.78 is 5.17. The second-order valence-electron chi connectivity index (χ2n) is 5.07. The van der Waals surface area contributed by atoms with E-state index in [0.29, 0.717) is 6.04 Å². The summed E-state index contributed by atoms with van der Waals surface area (Å²) in [6, 6.07) is 1.31. The van der Waals surface area contributed by atoms with Gasteiger partial charge in [0.25, 0.3) is 0 Å².